The van der Waals surface area contributed by atoms with Gasteiger partial charge in [0.15, 0.2) is 0 Å². The Morgan fingerprint density at radius 3 is 3.00 bits per heavy atom. The van der Waals surface area contributed by atoms with E-state index in [1.807, 2.05) is 10.7 Å². The fraction of sp³-hybridized carbons (Fsp3) is 0.692. The average Bonchev–Trinajstić information content (AvgIpc) is 3.03. The molecule has 98 valence electrons. The first-order valence-electron chi connectivity index (χ1n) is 6.75. The van der Waals surface area contributed by atoms with E-state index in [0.29, 0.717) is 12.1 Å². The number of aromatic nitrogens is 2. The topological polar surface area (TPSA) is 59.0 Å². The molecule has 2 saturated heterocycles. The number of carbonyl (C=O) groups excluding carboxylic acids is 1. The summed E-state index contributed by atoms with van der Waals surface area (Å²) in [6.45, 7) is 4.11. The van der Waals surface area contributed by atoms with Gasteiger partial charge in [-0.15, -0.1) is 0 Å². The fourth-order valence-electron chi connectivity index (χ4n) is 3.16. The molecule has 3 rings (SSSR count). The second-order valence-corrected chi connectivity index (χ2v) is 5.63. The number of nitrogens with zero attached hydrogens (tertiary/aromatic N) is 2. The molecule has 2 aliphatic heterocycles. The van der Waals surface area contributed by atoms with Crippen molar-refractivity contribution in [3.63, 3.8) is 0 Å². The minimum atomic E-state index is 0.124. The molecule has 5 heteroatoms. The summed E-state index contributed by atoms with van der Waals surface area (Å²) in [5, 5.41) is 10.7. The summed E-state index contributed by atoms with van der Waals surface area (Å²) in [7, 11) is 0. The molecule has 1 aromatic rings. The van der Waals surface area contributed by atoms with Gasteiger partial charge in [0.25, 0.3) is 0 Å². The van der Waals surface area contributed by atoms with Crippen molar-refractivity contribution in [3.05, 3.63) is 12.3 Å². The molecule has 0 aliphatic carbocycles. The van der Waals surface area contributed by atoms with E-state index >= 15 is 0 Å². The molecular weight excluding hydrogens is 228 g/mol. The van der Waals surface area contributed by atoms with Crippen LogP contribution in [-0.2, 0) is 4.79 Å². The van der Waals surface area contributed by atoms with Crippen molar-refractivity contribution >= 4 is 11.7 Å². The maximum absolute atomic E-state index is 12.3. The van der Waals surface area contributed by atoms with Gasteiger partial charge in [0, 0.05) is 24.2 Å². The lowest BCUT2D eigenvalue weighted by molar-refractivity contribution is -0.120. The van der Waals surface area contributed by atoms with Crippen molar-refractivity contribution in [1.29, 1.82) is 0 Å². The first-order valence-corrected chi connectivity index (χ1v) is 6.75. The first kappa shape index (κ1) is 11.7. The van der Waals surface area contributed by atoms with Gasteiger partial charge in [-0.1, -0.05) is 0 Å². The molecule has 1 amide bonds. The van der Waals surface area contributed by atoms with Gasteiger partial charge in [-0.05, 0) is 33.1 Å². The zero-order valence-corrected chi connectivity index (χ0v) is 10.9. The molecule has 5 nitrogen and oxygen atoms in total. The molecule has 0 radical (unpaired) electrons. The van der Waals surface area contributed by atoms with Crippen LogP contribution < -0.4 is 10.6 Å². The summed E-state index contributed by atoms with van der Waals surface area (Å²) in [6.07, 6.45) is 5.06. The molecule has 3 atom stereocenters. The molecule has 0 saturated carbocycles. The van der Waals surface area contributed by atoms with E-state index in [9.17, 15) is 4.79 Å². The average molecular weight is 248 g/mol. The zero-order valence-electron chi connectivity index (χ0n) is 10.9. The third-order valence-corrected chi connectivity index (χ3v) is 4.05. The van der Waals surface area contributed by atoms with E-state index in [1.54, 1.807) is 6.20 Å². The van der Waals surface area contributed by atoms with Crippen LogP contribution in [0.5, 0.6) is 0 Å². The summed E-state index contributed by atoms with van der Waals surface area (Å²) < 4.78 is 1.85. The number of amides is 1. The highest BCUT2D eigenvalue weighted by atomic mass is 16.2. The smallest absolute Gasteiger partial charge is 0.230 e. The van der Waals surface area contributed by atoms with E-state index in [-0.39, 0.29) is 17.9 Å². The molecule has 18 heavy (non-hydrogen) atoms. The van der Waals surface area contributed by atoms with Crippen molar-refractivity contribution in [2.75, 3.05) is 5.32 Å². The predicted molar refractivity (Wildman–Crippen MR) is 69.3 cm³/mol. The van der Waals surface area contributed by atoms with Gasteiger partial charge in [-0.3, -0.25) is 4.79 Å². The van der Waals surface area contributed by atoms with E-state index in [4.69, 9.17) is 0 Å². The van der Waals surface area contributed by atoms with Gasteiger partial charge < -0.3 is 10.6 Å². The van der Waals surface area contributed by atoms with Crippen molar-refractivity contribution < 1.29 is 4.79 Å². The first-order chi connectivity index (χ1) is 8.65. The van der Waals surface area contributed by atoms with Crippen LogP contribution in [0.3, 0.4) is 0 Å². The highest BCUT2D eigenvalue weighted by Crippen LogP contribution is 2.33. The predicted octanol–water partition coefficient (Wildman–Crippen LogP) is 1.54. The molecular formula is C13H20N4O. The highest BCUT2D eigenvalue weighted by Gasteiger charge is 2.42. The Bertz CT molecular complexity index is 454. The van der Waals surface area contributed by atoms with Crippen LogP contribution in [-0.4, -0.2) is 27.8 Å². The van der Waals surface area contributed by atoms with Crippen molar-refractivity contribution in [1.82, 2.24) is 15.1 Å². The normalized spacial score (nSPS) is 30.1. The van der Waals surface area contributed by atoms with Gasteiger partial charge in [0.05, 0.1) is 12.1 Å². The lowest BCUT2D eigenvalue weighted by atomic mass is 9.88. The third-order valence-electron chi connectivity index (χ3n) is 4.05. The van der Waals surface area contributed by atoms with E-state index in [2.05, 4.69) is 29.6 Å². The monoisotopic (exact) mass is 248 g/mol. The third kappa shape index (κ3) is 1.92. The van der Waals surface area contributed by atoms with Crippen LogP contribution in [0.25, 0.3) is 0 Å². The maximum Gasteiger partial charge on any atom is 0.230 e. The van der Waals surface area contributed by atoms with Crippen molar-refractivity contribution in [2.45, 2.75) is 51.2 Å². The van der Waals surface area contributed by atoms with Crippen LogP contribution in [0, 0.1) is 5.92 Å². The van der Waals surface area contributed by atoms with Crippen LogP contribution in [0.1, 0.15) is 39.2 Å². The minimum absolute atomic E-state index is 0.124. The lowest BCUT2D eigenvalue weighted by Gasteiger charge is -2.20. The van der Waals surface area contributed by atoms with Crippen molar-refractivity contribution in [2.24, 2.45) is 5.92 Å². The summed E-state index contributed by atoms with van der Waals surface area (Å²) in [6, 6.07) is 3.05. The maximum atomic E-state index is 12.3. The standard InChI is InChI=1S/C13H20N4O/c1-8(2)17-12(5-6-14-17)16-13(18)10-7-9-3-4-11(10)15-9/h5-6,8-11,15H,3-4,7H2,1-2H3,(H,16,18). The number of anilines is 1. The zero-order chi connectivity index (χ0) is 12.7. The molecule has 0 aromatic carbocycles. The molecule has 2 aliphatic rings. The second-order valence-electron chi connectivity index (χ2n) is 5.63. The molecule has 3 unspecified atom stereocenters. The van der Waals surface area contributed by atoms with Gasteiger partial charge in [0.2, 0.25) is 5.91 Å². The fourth-order valence-corrected chi connectivity index (χ4v) is 3.16. The number of hydrogen-bond acceptors (Lipinski definition) is 3. The minimum Gasteiger partial charge on any atom is -0.311 e. The van der Waals surface area contributed by atoms with Crippen molar-refractivity contribution in [3.8, 4) is 0 Å². The Hall–Kier alpha value is -1.36. The molecule has 2 bridgehead atoms. The molecule has 2 N–H and O–H groups in total. The van der Waals surface area contributed by atoms with E-state index in [0.717, 1.165) is 18.7 Å². The Morgan fingerprint density at radius 2 is 2.39 bits per heavy atom. The largest absolute Gasteiger partial charge is 0.311 e. The molecule has 1 aromatic heterocycles. The second kappa shape index (κ2) is 4.39. The van der Waals surface area contributed by atoms with Crippen LogP contribution in [0.15, 0.2) is 12.3 Å². The lowest BCUT2D eigenvalue weighted by Crippen LogP contribution is -2.33. The Labute approximate surface area is 107 Å². The SMILES string of the molecule is CC(C)n1nccc1NC(=O)C1CC2CCC1N2. The van der Waals surface area contributed by atoms with E-state index in [1.165, 1.54) is 6.42 Å². The number of fused-ring (bicyclic) bond motifs is 2. The van der Waals surface area contributed by atoms with Gasteiger partial charge >= 0.3 is 0 Å². The molecule has 2 fully saturated rings. The molecule has 3 heterocycles. The van der Waals surface area contributed by atoms with E-state index < -0.39 is 0 Å². The quantitative estimate of drug-likeness (QED) is 0.853. The highest BCUT2D eigenvalue weighted by molar-refractivity contribution is 5.92. The summed E-state index contributed by atoms with van der Waals surface area (Å²) in [4.78, 5) is 12.3. The Morgan fingerprint density at radius 1 is 1.56 bits per heavy atom. The van der Waals surface area contributed by atoms with Crippen LogP contribution in [0.4, 0.5) is 5.82 Å². The number of nitrogens with one attached hydrogen (secondary N) is 2. The Kier molecular flexibility index (Phi) is 2.86. The van der Waals surface area contributed by atoms with Gasteiger partial charge in [-0.2, -0.15) is 5.10 Å². The summed E-state index contributed by atoms with van der Waals surface area (Å²) in [5.74, 6) is 1.06. The number of hydrogen-bond donors (Lipinski definition) is 2. The van der Waals surface area contributed by atoms with Crippen LogP contribution in [0.2, 0.25) is 0 Å². The summed E-state index contributed by atoms with van der Waals surface area (Å²) in [5.41, 5.74) is 0. The number of rotatable bonds is 3. The van der Waals surface area contributed by atoms with Crippen LogP contribution >= 0.6 is 0 Å². The number of carbonyl (C=O) groups is 1. The van der Waals surface area contributed by atoms with Gasteiger partial charge in [0.1, 0.15) is 5.82 Å². The molecule has 0 spiro atoms. The van der Waals surface area contributed by atoms with Gasteiger partial charge in [-0.25, -0.2) is 4.68 Å². The Balaban J connectivity index is 1.69. The summed E-state index contributed by atoms with van der Waals surface area (Å²) >= 11 is 0.